The quantitative estimate of drug-likeness (QED) is 0.289. The molecular formula is C26H42IN5O. The van der Waals surface area contributed by atoms with Crippen molar-refractivity contribution >= 4 is 41.5 Å². The molecule has 3 aliphatic heterocycles. The van der Waals surface area contributed by atoms with Crippen molar-refractivity contribution in [1.82, 2.24) is 15.1 Å². The van der Waals surface area contributed by atoms with Crippen LogP contribution in [0.1, 0.15) is 63.9 Å². The third kappa shape index (κ3) is 6.62. The van der Waals surface area contributed by atoms with Gasteiger partial charge in [0, 0.05) is 50.7 Å². The molecule has 1 atom stereocenters. The van der Waals surface area contributed by atoms with Crippen LogP contribution < -0.4 is 10.2 Å². The first kappa shape index (κ1) is 26.3. The smallest absolute Gasteiger partial charge is 0.222 e. The standard InChI is InChI=1S/C26H41N5O.HI/c1-3-27-26(28-15-11-21-12-17-29(4-2)18-13-21)31-20-22(23-8-5-6-9-24(23)31)14-19-30-16-7-10-25(30)32;/h5-6,8-9,21-22H,3-4,7,10-20H2,1-2H3,(H,27,28);1H. The maximum absolute atomic E-state index is 12.0. The number of halogens is 1. The number of piperidine rings is 1. The highest BCUT2D eigenvalue weighted by atomic mass is 127. The number of carbonyl (C=O) groups is 1. The number of anilines is 1. The van der Waals surface area contributed by atoms with Crippen LogP contribution >= 0.6 is 24.0 Å². The van der Waals surface area contributed by atoms with Crippen LogP contribution in [-0.4, -0.2) is 74.0 Å². The van der Waals surface area contributed by atoms with Crippen LogP contribution in [0.4, 0.5) is 5.69 Å². The first-order valence-electron chi connectivity index (χ1n) is 12.8. The van der Waals surface area contributed by atoms with E-state index in [0.29, 0.717) is 11.8 Å². The lowest BCUT2D eigenvalue weighted by Crippen LogP contribution is -2.41. The highest BCUT2D eigenvalue weighted by Gasteiger charge is 2.32. The Kier molecular flexibility index (Phi) is 10.3. The lowest BCUT2D eigenvalue weighted by atomic mass is 9.94. The number of likely N-dealkylation sites (tertiary alicyclic amines) is 2. The fourth-order valence-electron chi connectivity index (χ4n) is 5.53. The molecule has 1 aromatic carbocycles. The molecule has 3 heterocycles. The molecule has 0 bridgehead atoms. The van der Waals surface area contributed by atoms with Gasteiger partial charge in [-0.2, -0.15) is 0 Å². The van der Waals surface area contributed by atoms with E-state index in [9.17, 15) is 4.79 Å². The normalized spacial score (nSPS) is 21.9. The fraction of sp³-hybridized carbons (Fsp3) is 0.692. The third-order valence-corrected chi connectivity index (χ3v) is 7.53. The van der Waals surface area contributed by atoms with Crippen molar-refractivity contribution in [3.8, 4) is 0 Å². The van der Waals surface area contributed by atoms with Gasteiger partial charge in [0.05, 0.1) is 0 Å². The zero-order valence-electron chi connectivity index (χ0n) is 20.5. The van der Waals surface area contributed by atoms with Crippen molar-refractivity contribution in [2.45, 2.75) is 58.3 Å². The molecule has 1 aromatic rings. The Hall–Kier alpha value is -1.35. The molecule has 0 radical (unpaired) electrons. The van der Waals surface area contributed by atoms with Gasteiger partial charge < -0.3 is 20.0 Å². The Morgan fingerprint density at radius 2 is 1.91 bits per heavy atom. The van der Waals surface area contributed by atoms with Gasteiger partial charge in [-0.3, -0.25) is 9.79 Å². The molecule has 33 heavy (non-hydrogen) atoms. The van der Waals surface area contributed by atoms with Gasteiger partial charge in [0.2, 0.25) is 5.91 Å². The van der Waals surface area contributed by atoms with Crippen LogP contribution in [0, 0.1) is 5.92 Å². The van der Waals surface area contributed by atoms with Crippen LogP contribution in [0.2, 0.25) is 0 Å². The SMILES string of the molecule is CCNC(=NCCC1CCN(CC)CC1)N1CC(CCN2CCCC2=O)c2ccccc21.I. The number of para-hydroxylation sites is 1. The molecule has 0 spiro atoms. The summed E-state index contributed by atoms with van der Waals surface area (Å²) in [5.41, 5.74) is 2.68. The maximum atomic E-state index is 12.0. The van der Waals surface area contributed by atoms with Crippen molar-refractivity contribution in [2.24, 2.45) is 10.9 Å². The molecule has 6 nitrogen and oxygen atoms in total. The molecule has 3 aliphatic rings. The lowest BCUT2D eigenvalue weighted by molar-refractivity contribution is -0.127. The van der Waals surface area contributed by atoms with E-state index in [-0.39, 0.29) is 24.0 Å². The van der Waals surface area contributed by atoms with Crippen molar-refractivity contribution in [1.29, 1.82) is 0 Å². The summed E-state index contributed by atoms with van der Waals surface area (Å²) in [5.74, 6) is 2.60. The summed E-state index contributed by atoms with van der Waals surface area (Å²) in [4.78, 5) is 24.1. The minimum Gasteiger partial charge on any atom is -0.356 e. The van der Waals surface area contributed by atoms with Crippen LogP contribution in [0.3, 0.4) is 0 Å². The average molecular weight is 568 g/mol. The van der Waals surface area contributed by atoms with Crippen LogP contribution in [-0.2, 0) is 4.79 Å². The summed E-state index contributed by atoms with van der Waals surface area (Å²) < 4.78 is 0. The largest absolute Gasteiger partial charge is 0.356 e. The van der Waals surface area contributed by atoms with E-state index in [2.05, 4.69) is 58.1 Å². The number of nitrogens with one attached hydrogen (secondary N) is 1. The van der Waals surface area contributed by atoms with E-state index in [1.807, 2.05) is 0 Å². The van der Waals surface area contributed by atoms with Gasteiger partial charge >= 0.3 is 0 Å². The van der Waals surface area contributed by atoms with E-state index < -0.39 is 0 Å². The third-order valence-electron chi connectivity index (χ3n) is 7.53. The van der Waals surface area contributed by atoms with Crippen LogP contribution in [0.15, 0.2) is 29.3 Å². The second kappa shape index (κ2) is 12.9. The average Bonchev–Trinajstić information content (AvgIpc) is 3.40. The predicted octanol–water partition coefficient (Wildman–Crippen LogP) is 4.31. The molecule has 1 unspecified atom stereocenters. The molecule has 2 saturated heterocycles. The van der Waals surface area contributed by atoms with Gasteiger partial charge in [0.25, 0.3) is 0 Å². The number of guanidine groups is 1. The number of benzene rings is 1. The van der Waals surface area contributed by atoms with E-state index in [4.69, 9.17) is 4.99 Å². The molecule has 0 aromatic heterocycles. The number of fused-ring (bicyclic) bond motifs is 1. The van der Waals surface area contributed by atoms with Gasteiger partial charge in [0.1, 0.15) is 0 Å². The summed E-state index contributed by atoms with van der Waals surface area (Å²) >= 11 is 0. The molecule has 4 rings (SSSR count). The molecule has 0 saturated carbocycles. The first-order chi connectivity index (χ1) is 15.7. The van der Waals surface area contributed by atoms with Crippen molar-refractivity contribution in [2.75, 3.05) is 57.3 Å². The number of rotatable bonds is 8. The predicted molar refractivity (Wildman–Crippen MR) is 148 cm³/mol. The Labute approximate surface area is 217 Å². The second-order valence-corrected chi connectivity index (χ2v) is 9.54. The molecule has 7 heteroatoms. The van der Waals surface area contributed by atoms with Crippen LogP contribution in [0.5, 0.6) is 0 Å². The number of carbonyl (C=O) groups excluding carboxylic acids is 1. The highest BCUT2D eigenvalue weighted by Crippen LogP contribution is 2.38. The van der Waals surface area contributed by atoms with Gasteiger partial charge in [-0.1, -0.05) is 25.1 Å². The zero-order valence-corrected chi connectivity index (χ0v) is 22.8. The Morgan fingerprint density at radius 3 is 2.61 bits per heavy atom. The van der Waals surface area contributed by atoms with Gasteiger partial charge in [0.15, 0.2) is 5.96 Å². The summed E-state index contributed by atoms with van der Waals surface area (Å²) in [6.45, 7) is 12.6. The maximum Gasteiger partial charge on any atom is 0.222 e. The monoisotopic (exact) mass is 567 g/mol. The summed E-state index contributed by atoms with van der Waals surface area (Å²) in [6.07, 6.45) is 6.56. The minimum atomic E-state index is 0. The molecular weight excluding hydrogens is 525 g/mol. The van der Waals surface area contributed by atoms with E-state index in [1.165, 1.54) is 50.1 Å². The number of aliphatic imine (C=N–C) groups is 1. The van der Waals surface area contributed by atoms with Gasteiger partial charge in [-0.25, -0.2) is 0 Å². The molecule has 1 amide bonds. The molecule has 0 aliphatic carbocycles. The topological polar surface area (TPSA) is 51.2 Å². The van der Waals surface area contributed by atoms with Gasteiger partial charge in [-0.15, -0.1) is 24.0 Å². The Balaban J connectivity index is 0.00000306. The van der Waals surface area contributed by atoms with Crippen molar-refractivity contribution < 1.29 is 4.79 Å². The second-order valence-electron chi connectivity index (χ2n) is 9.54. The number of amides is 1. The first-order valence-corrected chi connectivity index (χ1v) is 12.8. The summed E-state index contributed by atoms with van der Waals surface area (Å²) in [6, 6.07) is 8.76. The number of nitrogens with zero attached hydrogens (tertiary/aromatic N) is 4. The van der Waals surface area contributed by atoms with Crippen molar-refractivity contribution in [3.63, 3.8) is 0 Å². The van der Waals surface area contributed by atoms with E-state index >= 15 is 0 Å². The van der Waals surface area contributed by atoms with E-state index in [1.54, 1.807) is 0 Å². The Morgan fingerprint density at radius 1 is 1.12 bits per heavy atom. The number of hydrogen-bond acceptors (Lipinski definition) is 3. The fourth-order valence-corrected chi connectivity index (χ4v) is 5.53. The number of hydrogen-bond donors (Lipinski definition) is 1. The van der Waals surface area contributed by atoms with E-state index in [0.717, 1.165) is 63.9 Å². The van der Waals surface area contributed by atoms with Gasteiger partial charge in [-0.05, 0) is 76.2 Å². The highest BCUT2D eigenvalue weighted by molar-refractivity contribution is 14.0. The molecule has 184 valence electrons. The lowest BCUT2D eigenvalue weighted by Gasteiger charge is -2.30. The zero-order chi connectivity index (χ0) is 22.3. The summed E-state index contributed by atoms with van der Waals surface area (Å²) in [7, 11) is 0. The summed E-state index contributed by atoms with van der Waals surface area (Å²) in [5, 5.41) is 3.55. The Bertz CT molecular complexity index is 793. The van der Waals surface area contributed by atoms with Crippen molar-refractivity contribution in [3.05, 3.63) is 29.8 Å². The van der Waals surface area contributed by atoms with Crippen LogP contribution in [0.25, 0.3) is 0 Å². The minimum absolute atomic E-state index is 0. The molecule has 2 fully saturated rings. The molecule has 1 N–H and O–H groups in total.